The Bertz CT molecular complexity index is 883. The van der Waals surface area contributed by atoms with Crippen LogP contribution in [0.15, 0.2) is 48.5 Å². The van der Waals surface area contributed by atoms with Crippen molar-refractivity contribution >= 4 is 23.2 Å². The van der Waals surface area contributed by atoms with Crippen molar-refractivity contribution < 1.29 is 9.59 Å². The average molecular weight is 375 g/mol. The normalized spacial score (nSPS) is 13.6. The lowest BCUT2D eigenvalue weighted by Crippen LogP contribution is -2.34. The highest BCUT2D eigenvalue weighted by Crippen LogP contribution is 2.29. The molecular formula is C23H25N3O2. The highest BCUT2D eigenvalue weighted by Gasteiger charge is 2.24. The van der Waals surface area contributed by atoms with Gasteiger partial charge in [-0.3, -0.25) is 14.5 Å². The first-order chi connectivity index (χ1) is 13.6. The van der Waals surface area contributed by atoms with Gasteiger partial charge in [0.25, 0.3) is 0 Å². The third-order valence-corrected chi connectivity index (χ3v) is 4.75. The van der Waals surface area contributed by atoms with E-state index in [2.05, 4.69) is 11.2 Å². The smallest absolute Gasteiger partial charge is 0.238 e. The number of carbonyl (C=O) groups excluding carboxylic acids is 2. The predicted octanol–water partition coefficient (Wildman–Crippen LogP) is 3.20. The number of hydrogen-bond acceptors (Lipinski definition) is 3. The van der Waals surface area contributed by atoms with Gasteiger partial charge < -0.3 is 10.2 Å². The van der Waals surface area contributed by atoms with E-state index < -0.39 is 0 Å². The quantitative estimate of drug-likeness (QED) is 0.756. The van der Waals surface area contributed by atoms with E-state index in [1.807, 2.05) is 60.4 Å². The minimum absolute atomic E-state index is 0.0926. The van der Waals surface area contributed by atoms with E-state index >= 15 is 0 Å². The minimum atomic E-state index is -0.151. The number of para-hydroxylation sites is 2. The van der Waals surface area contributed by atoms with Crippen LogP contribution in [-0.2, 0) is 16.1 Å². The standard InChI is InChI=1S/C23H25N3O2/c1-3-14-25(16-19-12-10-18(2)11-13-19)17-22(27)24-20-7-4-5-8-21(20)26-15-6-9-23(26)28/h1,4-5,7-8,10-13H,6,9,14-17H2,2H3,(H,24,27). The second-order valence-corrected chi connectivity index (χ2v) is 7.05. The van der Waals surface area contributed by atoms with Gasteiger partial charge in [0.15, 0.2) is 0 Å². The first-order valence-electron chi connectivity index (χ1n) is 9.47. The van der Waals surface area contributed by atoms with Crippen LogP contribution in [0, 0.1) is 19.3 Å². The molecule has 0 bridgehead atoms. The molecule has 5 heteroatoms. The summed E-state index contributed by atoms with van der Waals surface area (Å²) >= 11 is 0. The Balaban J connectivity index is 1.67. The number of nitrogens with one attached hydrogen (secondary N) is 1. The van der Waals surface area contributed by atoms with Crippen LogP contribution in [-0.4, -0.2) is 36.3 Å². The van der Waals surface area contributed by atoms with Crippen molar-refractivity contribution in [3.8, 4) is 12.3 Å². The molecule has 3 rings (SSSR count). The molecule has 0 aliphatic carbocycles. The van der Waals surface area contributed by atoms with Crippen molar-refractivity contribution in [1.29, 1.82) is 0 Å². The second kappa shape index (κ2) is 9.20. The molecule has 1 heterocycles. The SMILES string of the molecule is C#CCN(CC(=O)Nc1ccccc1N1CCCC1=O)Cc1ccc(C)cc1. The third-order valence-electron chi connectivity index (χ3n) is 4.75. The highest BCUT2D eigenvalue weighted by molar-refractivity contribution is 6.02. The van der Waals surface area contributed by atoms with Gasteiger partial charge in [0.05, 0.1) is 24.5 Å². The topological polar surface area (TPSA) is 52.7 Å². The Kier molecular flexibility index (Phi) is 6.46. The van der Waals surface area contributed by atoms with Crippen LogP contribution in [0.1, 0.15) is 24.0 Å². The molecule has 0 aromatic heterocycles. The summed E-state index contributed by atoms with van der Waals surface area (Å²) in [5.41, 5.74) is 3.70. The summed E-state index contributed by atoms with van der Waals surface area (Å²) in [6.07, 6.45) is 6.88. The average Bonchev–Trinajstić information content (AvgIpc) is 3.10. The van der Waals surface area contributed by atoms with Crippen molar-refractivity contribution in [2.45, 2.75) is 26.3 Å². The van der Waals surface area contributed by atoms with E-state index in [0.717, 1.165) is 17.7 Å². The summed E-state index contributed by atoms with van der Waals surface area (Å²) in [6.45, 7) is 3.89. The molecule has 2 aromatic carbocycles. The van der Waals surface area contributed by atoms with E-state index in [-0.39, 0.29) is 18.4 Å². The fourth-order valence-electron chi connectivity index (χ4n) is 3.36. The lowest BCUT2D eigenvalue weighted by molar-refractivity contribution is -0.118. The summed E-state index contributed by atoms with van der Waals surface area (Å²) < 4.78 is 0. The van der Waals surface area contributed by atoms with Gasteiger partial charge in [-0.1, -0.05) is 47.9 Å². The fourth-order valence-corrected chi connectivity index (χ4v) is 3.36. The highest BCUT2D eigenvalue weighted by atomic mass is 16.2. The Morgan fingerprint density at radius 1 is 1.21 bits per heavy atom. The van der Waals surface area contributed by atoms with Crippen LogP contribution in [0.5, 0.6) is 0 Å². The van der Waals surface area contributed by atoms with Gasteiger partial charge in [0.1, 0.15) is 0 Å². The molecule has 1 N–H and O–H groups in total. The molecule has 1 saturated heterocycles. The molecule has 0 saturated carbocycles. The molecule has 1 aliphatic heterocycles. The number of hydrogen-bond donors (Lipinski definition) is 1. The molecule has 144 valence electrons. The van der Waals surface area contributed by atoms with Crippen LogP contribution < -0.4 is 10.2 Å². The monoisotopic (exact) mass is 375 g/mol. The maximum Gasteiger partial charge on any atom is 0.238 e. The maximum atomic E-state index is 12.7. The van der Waals surface area contributed by atoms with E-state index in [1.165, 1.54) is 5.56 Å². The minimum Gasteiger partial charge on any atom is -0.323 e. The van der Waals surface area contributed by atoms with Gasteiger partial charge in [-0.2, -0.15) is 0 Å². The van der Waals surface area contributed by atoms with Crippen molar-refractivity contribution in [3.05, 3.63) is 59.7 Å². The number of rotatable bonds is 7. The van der Waals surface area contributed by atoms with Crippen molar-refractivity contribution in [3.63, 3.8) is 0 Å². The predicted molar refractivity (Wildman–Crippen MR) is 112 cm³/mol. The largest absolute Gasteiger partial charge is 0.323 e. The summed E-state index contributed by atoms with van der Waals surface area (Å²) in [4.78, 5) is 28.4. The zero-order valence-electron chi connectivity index (χ0n) is 16.1. The second-order valence-electron chi connectivity index (χ2n) is 7.05. The number of benzene rings is 2. The van der Waals surface area contributed by atoms with E-state index in [0.29, 0.717) is 31.7 Å². The Hall–Kier alpha value is -3.10. The molecule has 2 amide bonds. The lowest BCUT2D eigenvalue weighted by atomic mass is 10.1. The first-order valence-corrected chi connectivity index (χ1v) is 9.47. The first kappa shape index (κ1) is 19.7. The number of carbonyl (C=O) groups is 2. The van der Waals surface area contributed by atoms with Crippen molar-refractivity contribution in [2.24, 2.45) is 0 Å². The number of nitrogens with zero attached hydrogens (tertiary/aromatic N) is 2. The number of amides is 2. The maximum absolute atomic E-state index is 12.7. The Labute approximate surface area is 166 Å². The van der Waals surface area contributed by atoms with Crippen LogP contribution in [0.4, 0.5) is 11.4 Å². The van der Waals surface area contributed by atoms with Crippen molar-refractivity contribution in [2.75, 3.05) is 29.9 Å². The molecule has 0 atom stereocenters. The molecule has 1 fully saturated rings. The fraction of sp³-hybridized carbons (Fsp3) is 0.304. The van der Waals surface area contributed by atoms with Crippen LogP contribution in [0.25, 0.3) is 0 Å². The summed E-state index contributed by atoms with van der Waals surface area (Å²) in [7, 11) is 0. The molecule has 28 heavy (non-hydrogen) atoms. The van der Waals surface area contributed by atoms with E-state index in [1.54, 1.807) is 4.90 Å². The Morgan fingerprint density at radius 3 is 2.64 bits per heavy atom. The van der Waals surface area contributed by atoms with Gasteiger partial charge in [-0.15, -0.1) is 6.42 Å². The number of anilines is 2. The molecule has 0 radical (unpaired) electrons. The summed E-state index contributed by atoms with van der Waals surface area (Å²) in [5.74, 6) is 2.56. The molecule has 2 aromatic rings. The van der Waals surface area contributed by atoms with Crippen LogP contribution in [0.3, 0.4) is 0 Å². The molecular weight excluding hydrogens is 350 g/mol. The Morgan fingerprint density at radius 2 is 1.96 bits per heavy atom. The lowest BCUT2D eigenvalue weighted by Gasteiger charge is -2.22. The molecule has 0 spiro atoms. The van der Waals surface area contributed by atoms with E-state index in [9.17, 15) is 9.59 Å². The third kappa shape index (κ3) is 4.99. The van der Waals surface area contributed by atoms with Gasteiger partial charge in [-0.25, -0.2) is 0 Å². The van der Waals surface area contributed by atoms with Crippen LogP contribution in [0.2, 0.25) is 0 Å². The van der Waals surface area contributed by atoms with Crippen molar-refractivity contribution in [1.82, 2.24) is 4.90 Å². The number of terminal acetylenes is 1. The van der Waals surface area contributed by atoms with Gasteiger partial charge in [0, 0.05) is 19.5 Å². The molecule has 1 aliphatic rings. The zero-order chi connectivity index (χ0) is 19.9. The molecule has 0 unspecified atom stereocenters. The van der Waals surface area contributed by atoms with Gasteiger partial charge in [0.2, 0.25) is 11.8 Å². The van der Waals surface area contributed by atoms with Gasteiger partial charge in [-0.05, 0) is 31.0 Å². The summed E-state index contributed by atoms with van der Waals surface area (Å²) in [6, 6.07) is 15.6. The molecule has 5 nitrogen and oxygen atoms in total. The van der Waals surface area contributed by atoms with Gasteiger partial charge >= 0.3 is 0 Å². The number of aryl methyl sites for hydroxylation is 1. The summed E-state index contributed by atoms with van der Waals surface area (Å²) in [5, 5.41) is 2.95. The van der Waals surface area contributed by atoms with E-state index in [4.69, 9.17) is 6.42 Å². The van der Waals surface area contributed by atoms with Crippen LogP contribution >= 0.6 is 0 Å². The zero-order valence-corrected chi connectivity index (χ0v) is 16.1.